The largest absolute Gasteiger partial charge is 0.366 e. The molecule has 6 N–H and O–H groups in total. The van der Waals surface area contributed by atoms with E-state index >= 15 is 0 Å². The summed E-state index contributed by atoms with van der Waals surface area (Å²) in [5.41, 5.74) is 17.8. The summed E-state index contributed by atoms with van der Waals surface area (Å²) in [6, 6.07) is 12.0. The van der Waals surface area contributed by atoms with E-state index < -0.39 is 11.8 Å². The highest BCUT2D eigenvalue weighted by molar-refractivity contribution is 6.05. The lowest BCUT2D eigenvalue weighted by Crippen LogP contribution is -2.21. The molecule has 4 amide bonds. The van der Waals surface area contributed by atoms with Crippen LogP contribution < -0.4 is 22.1 Å². The first-order chi connectivity index (χ1) is 26.5. The second-order valence-electron chi connectivity index (χ2n) is 14.1. The van der Waals surface area contributed by atoms with Gasteiger partial charge in [-0.3, -0.25) is 39.2 Å². The maximum atomic E-state index is 14.1. The fraction of sp³-hybridized carbons (Fsp3) is 0.385. The van der Waals surface area contributed by atoms with Gasteiger partial charge in [-0.15, -0.1) is 0 Å². The maximum Gasteiger partial charge on any atom is 0.276 e. The summed E-state index contributed by atoms with van der Waals surface area (Å²) < 4.78 is 7.41. The van der Waals surface area contributed by atoms with Crippen LogP contribution in [0.5, 0.6) is 0 Å². The van der Waals surface area contributed by atoms with Crippen molar-refractivity contribution in [1.29, 1.82) is 0 Å². The molecule has 0 saturated carbocycles. The van der Waals surface area contributed by atoms with Crippen LogP contribution in [-0.4, -0.2) is 62.3 Å². The van der Waals surface area contributed by atoms with Gasteiger partial charge in [0.1, 0.15) is 11.4 Å². The van der Waals surface area contributed by atoms with E-state index in [1.165, 1.54) is 0 Å². The summed E-state index contributed by atoms with van der Waals surface area (Å²) in [6.45, 7) is 7.93. The van der Waals surface area contributed by atoms with Crippen LogP contribution in [0, 0.1) is 13.8 Å². The van der Waals surface area contributed by atoms with Gasteiger partial charge in [-0.05, 0) is 95.3 Å². The quantitative estimate of drug-likeness (QED) is 0.191. The molecule has 2 aromatic carbocycles. The lowest BCUT2D eigenvalue weighted by molar-refractivity contribution is 0.0992. The van der Waals surface area contributed by atoms with Crippen molar-refractivity contribution in [2.24, 2.45) is 11.5 Å². The van der Waals surface area contributed by atoms with E-state index in [0.29, 0.717) is 78.0 Å². The normalized spacial score (nSPS) is 15.1. The number of hydrogen-bond acceptors (Lipinski definition) is 8. The zero-order valence-electron chi connectivity index (χ0n) is 31.4. The molecule has 55 heavy (non-hydrogen) atoms. The molecule has 0 fully saturated rings. The number of imidazole rings is 2. The minimum atomic E-state index is -0.555. The molecule has 16 nitrogen and oxygen atoms in total. The Kier molecular flexibility index (Phi) is 10.5. The van der Waals surface area contributed by atoms with Crippen molar-refractivity contribution in [2.45, 2.75) is 98.3 Å². The van der Waals surface area contributed by atoms with Crippen molar-refractivity contribution in [1.82, 2.24) is 38.7 Å². The number of rotatable bonds is 3. The topological polar surface area (TPSA) is 216 Å². The van der Waals surface area contributed by atoms with Gasteiger partial charge in [-0.2, -0.15) is 10.2 Å². The number of fused-ring (bicyclic) bond motifs is 8. The van der Waals surface area contributed by atoms with Crippen LogP contribution in [0.3, 0.4) is 0 Å². The Morgan fingerprint density at radius 1 is 0.709 bits per heavy atom. The molecule has 0 atom stereocenters. The van der Waals surface area contributed by atoms with E-state index in [2.05, 4.69) is 15.7 Å². The molecule has 286 valence electrons. The Hall–Kier alpha value is -6.32. The number of nitrogens with two attached hydrogens (primary N) is 2. The highest BCUT2D eigenvalue weighted by Crippen LogP contribution is 2.26. The smallest absolute Gasteiger partial charge is 0.276 e. The fourth-order valence-electron chi connectivity index (χ4n) is 7.47. The Labute approximate surface area is 317 Å². The first kappa shape index (κ1) is 37.0. The third-order valence-electron chi connectivity index (χ3n) is 10.2. The van der Waals surface area contributed by atoms with Gasteiger partial charge in [-0.25, -0.2) is 9.97 Å². The third kappa shape index (κ3) is 7.57. The molecule has 6 aromatic rings. The fourth-order valence-corrected chi connectivity index (χ4v) is 7.47. The number of aromatic nitrogens is 8. The van der Waals surface area contributed by atoms with Gasteiger partial charge in [0.05, 0.1) is 33.5 Å². The van der Waals surface area contributed by atoms with Crippen molar-refractivity contribution >= 4 is 57.6 Å². The standard InChI is InChI=1S/C39H46N12O4/c1-4-50-33-27(24(3)47-50)12-8-7-11-19-51-32(20-23(2)46-51)36(54)44-38-42-28-21-25(34(40)52)13-15-30(28)48(38)17-9-5-6-10-18-49-31-16-14-26(35(41)53)22-29(31)43-39(49)45-37(33)55/h13-16,20-22H,4-12,17-19H2,1-3H3,(H2,40,52)(H2,41,53)(H,42,44,54)(H,43,45,55). The lowest BCUT2D eigenvalue weighted by atomic mass is 10.0. The molecule has 0 aliphatic carbocycles. The Morgan fingerprint density at radius 2 is 1.25 bits per heavy atom. The van der Waals surface area contributed by atoms with Crippen LogP contribution in [0.2, 0.25) is 0 Å². The second kappa shape index (κ2) is 15.6. The number of hydrogen-bond donors (Lipinski definition) is 4. The van der Waals surface area contributed by atoms with E-state index in [0.717, 1.165) is 72.9 Å². The molecule has 0 unspecified atom stereocenters. The van der Waals surface area contributed by atoms with Crippen molar-refractivity contribution in [3.8, 4) is 0 Å². The van der Waals surface area contributed by atoms with E-state index in [1.54, 1.807) is 45.8 Å². The van der Waals surface area contributed by atoms with Gasteiger partial charge in [0, 0.05) is 42.9 Å². The highest BCUT2D eigenvalue weighted by atomic mass is 16.2. The van der Waals surface area contributed by atoms with Crippen molar-refractivity contribution in [3.05, 3.63) is 81.9 Å². The average Bonchev–Trinajstić information content (AvgIpc) is 3.89. The summed E-state index contributed by atoms with van der Waals surface area (Å²) in [7, 11) is 0. The minimum Gasteiger partial charge on any atom is -0.366 e. The number of carbonyl (C=O) groups excluding carboxylic acids is 4. The van der Waals surface area contributed by atoms with Crippen LogP contribution in [0.25, 0.3) is 22.1 Å². The van der Waals surface area contributed by atoms with Crippen molar-refractivity contribution in [3.63, 3.8) is 0 Å². The van der Waals surface area contributed by atoms with Crippen LogP contribution in [0.15, 0.2) is 42.5 Å². The molecule has 1 aliphatic rings. The number of nitrogens with zero attached hydrogens (tertiary/aromatic N) is 8. The number of anilines is 2. The Morgan fingerprint density at radius 3 is 1.82 bits per heavy atom. The molecular formula is C39H46N12O4. The highest BCUT2D eigenvalue weighted by Gasteiger charge is 2.24. The first-order valence-corrected chi connectivity index (χ1v) is 18.9. The maximum absolute atomic E-state index is 14.1. The van der Waals surface area contributed by atoms with Crippen LogP contribution in [0.4, 0.5) is 11.9 Å². The van der Waals surface area contributed by atoms with Crippen molar-refractivity contribution < 1.29 is 19.2 Å². The summed E-state index contributed by atoms with van der Waals surface area (Å²) in [5, 5.41) is 15.4. The van der Waals surface area contributed by atoms with Gasteiger partial charge in [0.15, 0.2) is 0 Å². The van der Waals surface area contributed by atoms with Gasteiger partial charge in [-0.1, -0.05) is 19.3 Å². The number of aryl methyl sites for hydroxylation is 6. The number of primary amides is 2. The van der Waals surface area contributed by atoms with E-state index in [1.807, 2.05) is 36.0 Å². The summed E-state index contributed by atoms with van der Waals surface area (Å²) in [4.78, 5) is 61.4. The molecule has 0 radical (unpaired) electrons. The van der Waals surface area contributed by atoms with E-state index in [-0.39, 0.29) is 11.8 Å². The molecule has 16 heteroatoms. The van der Waals surface area contributed by atoms with Crippen LogP contribution >= 0.6 is 0 Å². The van der Waals surface area contributed by atoms with Gasteiger partial charge in [0.25, 0.3) is 11.8 Å². The minimum absolute atomic E-state index is 0.295. The number of benzene rings is 2. The van der Waals surface area contributed by atoms with Crippen LogP contribution in [0.1, 0.15) is 111 Å². The summed E-state index contributed by atoms with van der Waals surface area (Å²) in [5.74, 6) is -0.961. The van der Waals surface area contributed by atoms with Gasteiger partial charge in [0.2, 0.25) is 23.7 Å². The molecule has 4 aromatic heterocycles. The monoisotopic (exact) mass is 746 g/mol. The molecule has 1 aliphatic heterocycles. The van der Waals surface area contributed by atoms with Gasteiger partial charge < -0.3 is 20.6 Å². The number of carbonyl (C=O) groups is 4. The third-order valence-corrected chi connectivity index (χ3v) is 10.2. The second-order valence-corrected chi connectivity index (χ2v) is 14.1. The predicted octanol–water partition coefficient (Wildman–Crippen LogP) is 5.11. The predicted molar refractivity (Wildman–Crippen MR) is 208 cm³/mol. The first-order valence-electron chi connectivity index (χ1n) is 18.9. The molecule has 7 rings (SSSR count). The molecule has 0 bridgehead atoms. The number of amides is 4. The zero-order chi connectivity index (χ0) is 38.8. The van der Waals surface area contributed by atoms with E-state index in [9.17, 15) is 19.2 Å². The zero-order valence-corrected chi connectivity index (χ0v) is 31.4. The molecular weight excluding hydrogens is 701 g/mol. The molecule has 0 saturated heterocycles. The summed E-state index contributed by atoms with van der Waals surface area (Å²) >= 11 is 0. The molecule has 0 spiro atoms. The number of nitrogens with one attached hydrogen (secondary N) is 2. The Balaban J connectivity index is 1.21. The van der Waals surface area contributed by atoms with Crippen molar-refractivity contribution in [2.75, 3.05) is 10.6 Å². The SMILES string of the molecule is CCn1nc(C)c2c1C(=O)Nc1nc3cc(C(N)=O)ccc3n1CCCCCCn1c(nc3cc(C(N)=O)ccc31)NC(=O)c1cc(C)nn1CCCCC2. The lowest BCUT2D eigenvalue weighted by Gasteiger charge is -2.13. The average molecular weight is 747 g/mol. The molecule has 5 heterocycles. The van der Waals surface area contributed by atoms with Gasteiger partial charge >= 0.3 is 0 Å². The van der Waals surface area contributed by atoms with Crippen LogP contribution in [-0.2, 0) is 32.6 Å². The summed E-state index contributed by atoms with van der Waals surface area (Å²) in [6.07, 6.45) is 6.30. The van der Waals surface area contributed by atoms with E-state index in [4.69, 9.17) is 26.5 Å². The Bertz CT molecular complexity index is 2450.